The Labute approximate surface area is 192 Å². The summed E-state index contributed by atoms with van der Waals surface area (Å²) < 4.78 is 5.93. The number of likely N-dealkylation sites (N-methyl/N-ethyl adjacent to an activating group) is 1. The summed E-state index contributed by atoms with van der Waals surface area (Å²) in [7, 11) is 2.19. The van der Waals surface area contributed by atoms with Crippen molar-refractivity contribution in [1.82, 2.24) is 15.1 Å². The summed E-state index contributed by atoms with van der Waals surface area (Å²) in [5, 5.41) is 3.97. The molecule has 1 N–H and O–H groups in total. The standard InChI is InChI=1S/C23H36ClN3O2.ClH/c1-17-14-20(15-18(2)21(17)24)29-19(3)22(28)25-16-23(8-6-5-7-9-23)27-12-10-26(4)11-13-27;/h14-15,19H,5-13,16H2,1-4H3,(H,25,28);1H. The van der Waals surface area contributed by atoms with Crippen LogP contribution in [0, 0.1) is 13.8 Å². The number of hydrogen-bond acceptors (Lipinski definition) is 4. The van der Waals surface area contributed by atoms with Gasteiger partial charge in [0.2, 0.25) is 0 Å². The van der Waals surface area contributed by atoms with Gasteiger partial charge in [0.1, 0.15) is 5.75 Å². The highest BCUT2D eigenvalue weighted by Crippen LogP contribution is 2.34. The average Bonchev–Trinajstić information content (AvgIpc) is 2.71. The lowest BCUT2D eigenvalue weighted by atomic mass is 9.79. The molecule has 1 heterocycles. The van der Waals surface area contributed by atoms with E-state index in [1.807, 2.05) is 32.9 Å². The fourth-order valence-corrected chi connectivity index (χ4v) is 4.83. The van der Waals surface area contributed by atoms with Crippen LogP contribution >= 0.6 is 24.0 Å². The van der Waals surface area contributed by atoms with Crippen molar-refractivity contribution in [3.63, 3.8) is 0 Å². The SMILES string of the molecule is Cc1cc(OC(C)C(=O)NCC2(N3CCN(C)CC3)CCCCC2)cc(C)c1Cl.Cl. The number of nitrogens with one attached hydrogen (secondary N) is 1. The lowest BCUT2D eigenvalue weighted by molar-refractivity contribution is -0.128. The van der Waals surface area contributed by atoms with E-state index in [1.165, 1.54) is 32.1 Å². The Bertz CT molecular complexity index is 691. The first kappa shape index (κ1) is 25.3. The zero-order valence-electron chi connectivity index (χ0n) is 18.8. The molecule has 0 bridgehead atoms. The van der Waals surface area contributed by atoms with Crippen LogP contribution in [0.15, 0.2) is 12.1 Å². The summed E-state index contributed by atoms with van der Waals surface area (Å²) >= 11 is 6.24. The highest BCUT2D eigenvalue weighted by atomic mass is 35.5. The van der Waals surface area contributed by atoms with Gasteiger partial charge in [-0.1, -0.05) is 30.9 Å². The zero-order valence-corrected chi connectivity index (χ0v) is 20.4. The molecule has 3 rings (SSSR count). The topological polar surface area (TPSA) is 44.8 Å². The van der Waals surface area contributed by atoms with Gasteiger partial charge in [-0.05, 0) is 63.9 Å². The van der Waals surface area contributed by atoms with E-state index in [-0.39, 0.29) is 23.9 Å². The highest BCUT2D eigenvalue weighted by Gasteiger charge is 2.39. The molecule has 1 aliphatic heterocycles. The highest BCUT2D eigenvalue weighted by molar-refractivity contribution is 6.32. The third kappa shape index (κ3) is 6.03. The molecule has 1 aliphatic carbocycles. The molecule has 1 atom stereocenters. The van der Waals surface area contributed by atoms with Crippen LogP contribution in [0.3, 0.4) is 0 Å². The number of halogens is 2. The molecule has 2 fully saturated rings. The molecule has 2 aliphatic rings. The molecule has 5 nitrogen and oxygen atoms in total. The van der Waals surface area contributed by atoms with Crippen LogP contribution < -0.4 is 10.1 Å². The Morgan fingerprint density at radius 1 is 1.13 bits per heavy atom. The van der Waals surface area contributed by atoms with E-state index in [9.17, 15) is 4.79 Å². The van der Waals surface area contributed by atoms with Gasteiger partial charge in [0.15, 0.2) is 6.10 Å². The fourth-order valence-electron chi connectivity index (χ4n) is 4.72. The first-order chi connectivity index (χ1) is 13.8. The van der Waals surface area contributed by atoms with Crippen molar-refractivity contribution >= 4 is 29.9 Å². The first-order valence-electron chi connectivity index (χ1n) is 11.0. The molecule has 0 spiro atoms. The number of nitrogens with zero attached hydrogens (tertiary/aromatic N) is 2. The summed E-state index contributed by atoms with van der Waals surface area (Å²) in [6, 6.07) is 3.79. The molecule has 1 amide bonds. The molecule has 170 valence electrons. The van der Waals surface area contributed by atoms with Gasteiger partial charge in [-0.25, -0.2) is 0 Å². The Morgan fingerprint density at radius 2 is 1.70 bits per heavy atom. The summed E-state index contributed by atoms with van der Waals surface area (Å²) in [5.41, 5.74) is 2.03. The van der Waals surface area contributed by atoms with Crippen LogP contribution in [-0.4, -0.2) is 67.1 Å². The number of rotatable bonds is 6. The van der Waals surface area contributed by atoms with Gasteiger partial charge in [0.25, 0.3) is 5.91 Å². The normalized spacial score (nSPS) is 20.8. The molecule has 0 aromatic heterocycles. The molecule has 7 heteroatoms. The van der Waals surface area contributed by atoms with Crippen molar-refractivity contribution in [2.24, 2.45) is 0 Å². The van der Waals surface area contributed by atoms with Gasteiger partial charge in [-0.15, -0.1) is 12.4 Å². The molecule has 30 heavy (non-hydrogen) atoms. The minimum atomic E-state index is -0.539. The number of hydrogen-bond donors (Lipinski definition) is 1. The van der Waals surface area contributed by atoms with Crippen molar-refractivity contribution in [2.75, 3.05) is 39.8 Å². The number of amides is 1. The molecule has 1 saturated carbocycles. The number of piperazine rings is 1. The molecule has 1 saturated heterocycles. The predicted molar refractivity (Wildman–Crippen MR) is 126 cm³/mol. The first-order valence-corrected chi connectivity index (χ1v) is 11.3. The molecule has 1 unspecified atom stereocenters. The monoisotopic (exact) mass is 457 g/mol. The Morgan fingerprint density at radius 3 is 2.27 bits per heavy atom. The Balaban J connectivity index is 0.00000320. The van der Waals surface area contributed by atoms with Crippen LogP contribution in [0.2, 0.25) is 5.02 Å². The molecule has 0 radical (unpaired) electrons. The van der Waals surface area contributed by atoms with E-state index in [0.29, 0.717) is 12.3 Å². The van der Waals surface area contributed by atoms with E-state index in [1.54, 1.807) is 0 Å². The van der Waals surface area contributed by atoms with E-state index >= 15 is 0 Å². The lowest BCUT2D eigenvalue weighted by Crippen LogP contribution is -2.62. The largest absolute Gasteiger partial charge is 0.481 e. The lowest BCUT2D eigenvalue weighted by Gasteiger charge is -2.49. The van der Waals surface area contributed by atoms with E-state index in [4.69, 9.17) is 16.3 Å². The van der Waals surface area contributed by atoms with Crippen molar-refractivity contribution < 1.29 is 9.53 Å². The van der Waals surface area contributed by atoms with Gasteiger partial charge >= 0.3 is 0 Å². The van der Waals surface area contributed by atoms with Gasteiger partial charge in [0.05, 0.1) is 0 Å². The van der Waals surface area contributed by atoms with E-state index < -0.39 is 6.10 Å². The van der Waals surface area contributed by atoms with Crippen LogP contribution in [0.25, 0.3) is 0 Å². The van der Waals surface area contributed by atoms with Crippen LogP contribution in [-0.2, 0) is 4.79 Å². The minimum Gasteiger partial charge on any atom is -0.481 e. The predicted octanol–water partition coefficient (Wildman–Crippen LogP) is 4.21. The van der Waals surface area contributed by atoms with Gasteiger partial charge in [-0.2, -0.15) is 0 Å². The van der Waals surface area contributed by atoms with Gasteiger partial charge in [-0.3, -0.25) is 9.69 Å². The zero-order chi connectivity index (χ0) is 21.0. The maximum atomic E-state index is 12.8. The molecule has 1 aromatic carbocycles. The summed E-state index contributed by atoms with van der Waals surface area (Å²) in [6.45, 7) is 10.8. The maximum absolute atomic E-state index is 12.8. The molecular weight excluding hydrogens is 421 g/mol. The number of benzene rings is 1. The van der Waals surface area contributed by atoms with Gasteiger partial charge < -0.3 is 15.0 Å². The van der Waals surface area contributed by atoms with Crippen molar-refractivity contribution in [3.05, 3.63) is 28.3 Å². The average molecular weight is 458 g/mol. The van der Waals surface area contributed by atoms with Gasteiger partial charge in [0, 0.05) is 43.3 Å². The minimum absolute atomic E-state index is 0. The second kappa shape index (κ2) is 11.0. The van der Waals surface area contributed by atoms with E-state index in [2.05, 4.69) is 22.2 Å². The van der Waals surface area contributed by atoms with Crippen LogP contribution in [0.4, 0.5) is 0 Å². The second-order valence-electron chi connectivity index (χ2n) is 8.92. The Kier molecular flexibility index (Phi) is 9.29. The molecule has 1 aromatic rings. The van der Waals surface area contributed by atoms with E-state index in [0.717, 1.165) is 42.3 Å². The number of carbonyl (C=O) groups excluding carboxylic acids is 1. The third-order valence-electron chi connectivity index (χ3n) is 6.64. The molecular formula is C23H37Cl2N3O2. The van der Waals surface area contributed by atoms with Crippen LogP contribution in [0.5, 0.6) is 5.75 Å². The number of ether oxygens (including phenoxy) is 1. The van der Waals surface area contributed by atoms with Crippen LogP contribution in [0.1, 0.15) is 50.2 Å². The van der Waals surface area contributed by atoms with Crippen molar-refractivity contribution in [1.29, 1.82) is 0 Å². The Hall–Kier alpha value is -1.01. The second-order valence-corrected chi connectivity index (χ2v) is 9.30. The summed E-state index contributed by atoms with van der Waals surface area (Å²) in [4.78, 5) is 17.8. The quantitative estimate of drug-likeness (QED) is 0.694. The fraction of sp³-hybridized carbons (Fsp3) is 0.696. The smallest absolute Gasteiger partial charge is 0.260 e. The van der Waals surface area contributed by atoms with Crippen molar-refractivity contribution in [2.45, 2.75) is 64.5 Å². The number of carbonyl (C=O) groups is 1. The maximum Gasteiger partial charge on any atom is 0.260 e. The summed E-state index contributed by atoms with van der Waals surface area (Å²) in [5.74, 6) is 0.646. The summed E-state index contributed by atoms with van der Waals surface area (Å²) in [6.07, 6.45) is 5.60. The third-order valence-corrected chi connectivity index (χ3v) is 7.24. The van der Waals surface area contributed by atoms with Crippen molar-refractivity contribution in [3.8, 4) is 5.75 Å². The number of aryl methyl sites for hydroxylation is 2.